The van der Waals surface area contributed by atoms with E-state index in [2.05, 4.69) is 18.7 Å². The summed E-state index contributed by atoms with van der Waals surface area (Å²) in [5.74, 6) is 1.32. The number of likely N-dealkylation sites (tertiary alicyclic amines) is 1. The van der Waals surface area contributed by atoms with Gasteiger partial charge in [-0.25, -0.2) is 0 Å². The number of aryl methyl sites for hydroxylation is 1. The van der Waals surface area contributed by atoms with Crippen molar-refractivity contribution in [2.75, 3.05) is 13.1 Å². The van der Waals surface area contributed by atoms with Crippen LogP contribution in [0.3, 0.4) is 0 Å². The second-order valence-corrected chi connectivity index (χ2v) is 5.94. The Morgan fingerprint density at radius 3 is 2.42 bits per heavy atom. The third kappa shape index (κ3) is 4.24. The lowest BCUT2D eigenvalue weighted by Crippen LogP contribution is -2.40. The molecular formula is C17H27NO. The molecule has 1 aromatic carbocycles. The van der Waals surface area contributed by atoms with Gasteiger partial charge in [0.25, 0.3) is 0 Å². The summed E-state index contributed by atoms with van der Waals surface area (Å²) in [4.78, 5) is 2.65. The molecule has 0 radical (unpaired) electrons. The minimum Gasteiger partial charge on any atom is -0.508 e. The summed E-state index contributed by atoms with van der Waals surface area (Å²) in [6, 6.07) is 8.31. The molecule has 1 aromatic rings. The van der Waals surface area contributed by atoms with Crippen molar-refractivity contribution in [3.8, 4) is 5.75 Å². The number of hydrogen-bond acceptors (Lipinski definition) is 2. The molecule has 1 heterocycles. The van der Waals surface area contributed by atoms with Crippen LogP contribution >= 0.6 is 0 Å². The molecule has 1 aliphatic rings. The van der Waals surface area contributed by atoms with E-state index in [0.717, 1.165) is 12.3 Å². The highest BCUT2D eigenvalue weighted by Crippen LogP contribution is 2.23. The fraction of sp³-hybridized carbons (Fsp3) is 0.647. The molecule has 1 N–H and O–H groups in total. The van der Waals surface area contributed by atoms with Gasteiger partial charge in [-0.15, -0.1) is 0 Å². The molecule has 1 fully saturated rings. The topological polar surface area (TPSA) is 23.5 Å². The third-order valence-corrected chi connectivity index (χ3v) is 4.64. The highest BCUT2D eigenvalue weighted by Gasteiger charge is 2.21. The molecule has 1 atom stereocenters. The molecular weight excluding hydrogens is 234 g/mol. The summed E-state index contributed by atoms with van der Waals surface area (Å²) in [5, 5.41) is 9.28. The maximum absolute atomic E-state index is 9.28. The Morgan fingerprint density at radius 1 is 1.21 bits per heavy atom. The average molecular weight is 261 g/mol. The average Bonchev–Trinajstić information content (AvgIpc) is 2.46. The van der Waals surface area contributed by atoms with Gasteiger partial charge in [0.1, 0.15) is 5.75 Å². The smallest absolute Gasteiger partial charge is 0.115 e. The largest absolute Gasteiger partial charge is 0.508 e. The van der Waals surface area contributed by atoms with Gasteiger partial charge in [0.05, 0.1) is 0 Å². The number of hydrogen-bond donors (Lipinski definition) is 1. The number of nitrogens with zero attached hydrogens (tertiary/aromatic N) is 1. The maximum atomic E-state index is 9.28. The van der Waals surface area contributed by atoms with Crippen LogP contribution in [0.4, 0.5) is 0 Å². The van der Waals surface area contributed by atoms with Crippen LogP contribution in [0.15, 0.2) is 24.3 Å². The van der Waals surface area contributed by atoms with Crippen molar-refractivity contribution in [1.29, 1.82) is 0 Å². The molecule has 1 unspecified atom stereocenters. The van der Waals surface area contributed by atoms with E-state index in [0.29, 0.717) is 11.8 Å². The summed E-state index contributed by atoms with van der Waals surface area (Å²) < 4.78 is 0. The molecule has 1 aliphatic heterocycles. The van der Waals surface area contributed by atoms with Gasteiger partial charge < -0.3 is 10.0 Å². The number of piperidine rings is 1. The van der Waals surface area contributed by atoms with Crippen LogP contribution in [-0.2, 0) is 6.42 Å². The van der Waals surface area contributed by atoms with Crippen LogP contribution in [0.25, 0.3) is 0 Å². The minimum absolute atomic E-state index is 0.360. The molecule has 2 rings (SSSR count). The van der Waals surface area contributed by atoms with Gasteiger partial charge in [-0.2, -0.15) is 0 Å². The SMILES string of the molecule is CCC1CCN(C(C)CCc2ccc(O)cc2)CC1. The zero-order chi connectivity index (χ0) is 13.7. The summed E-state index contributed by atoms with van der Waals surface area (Å²) in [5.41, 5.74) is 1.33. The summed E-state index contributed by atoms with van der Waals surface area (Å²) in [6.07, 6.45) is 6.41. The van der Waals surface area contributed by atoms with E-state index in [-0.39, 0.29) is 0 Å². The first kappa shape index (κ1) is 14.4. The van der Waals surface area contributed by atoms with Crippen LogP contribution in [0.1, 0.15) is 45.1 Å². The Hall–Kier alpha value is -1.02. The number of phenolic OH excluding ortho intramolecular Hbond substituents is 1. The predicted molar refractivity (Wildman–Crippen MR) is 80.5 cm³/mol. The molecule has 0 aromatic heterocycles. The van der Waals surface area contributed by atoms with Crippen molar-refractivity contribution in [2.24, 2.45) is 5.92 Å². The number of aromatic hydroxyl groups is 1. The highest BCUT2D eigenvalue weighted by atomic mass is 16.3. The first-order valence-electron chi connectivity index (χ1n) is 7.71. The fourth-order valence-corrected chi connectivity index (χ4v) is 3.02. The Morgan fingerprint density at radius 2 is 1.84 bits per heavy atom. The molecule has 0 spiro atoms. The zero-order valence-electron chi connectivity index (χ0n) is 12.3. The Labute approximate surface area is 117 Å². The molecule has 0 bridgehead atoms. The van der Waals surface area contributed by atoms with E-state index in [4.69, 9.17) is 0 Å². The Kier molecular flexibility index (Phi) is 5.26. The molecule has 1 saturated heterocycles. The Balaban J connectivity index is 1.75. The van der Waals surface area contributed by atoms with Crippen LogP contribution in [0.5, 0.6) is 5.75 Å². The van der Waals surface area contributed by atoms with Gasteiger partial charge in [0, 0.05) is 6.04 Å². The van der Waals surface area contributed by atoms with Crippen molar-refractivity contribution in [2.45, 2.75) is 52.0 Å². The number of benzene rings is 1. The van der Waals surface area contributed by atoms with Gasteiger partial charge in [-0.05, 0) is 69.3 Å². The van der Waals surface area contributed by atoms with E-state index in [1.165, 1.54) is 44.3 Å². The molecule has 0 amide bonds. The maximum Gasteiger partial charge on any atom is 0.115 e. The lowest BCUT2D eigenvalue weighted by atomic mass is 9.93. The Bertz CT molecular complexity index is 365. The monoisotopic (exact) mass is 261 g/mol. The molecule has 0 saturated carbocycles. The van der Waals surface area contributed by atoms with Crippen LogP contribution in [0, 0.1) is 5.92 Å². The molecule has 2 nitrogen and oxygen atoms in total. The fourth-order valence-electron chi connectivity index (χ4n) is 3.02. The van der Waals surface area contributed by atoms with E-state index < -0.39 is 0 Å². The molecule has 19 heavy (non-hydrogen) atoms. The van der Waals surface area contributed by atoms with E-state index in [1.54, 1.807) is 12.1 Å². The third-order valence-electron chi connectivity index (χ3n) is 4.64. The second kappa shape index (κ2) is 6.95. The van der Waals surface area contributed by atoms with Gasteiger partial charge in [0.15, 0.2) is 0 Å². The summed E-state index contributed by atoms with van der Waals surface area (Å²) >= 11 is 0. The van der Waals surface area contributed by atoms with Gasteiger partial charge in [-0.1, -0.05) is 25.5 Å². The van der Waals surface area contributed by atoms with E-state index >= 15 is 0 Å². The van der Waals surface area contributed by atoms with Gasteiger partial charge in [-0.3, -0.25) is 0 Å². The van der Waals surface area contributed by atoms with Crippen molar-refractivity contribution < 1.29 is 5.11 Å². The number of rotatable bonds is 5. The zero-order valence-corrected chi connectivity index (χ0v) is 12.3. The van der Waals surface area contributed by atoms with Crippen molar-refractivity contribution in [3.63, 3.8) is 0 Å². The van der Waals surface area contributed by atoms with Crippen LogP contribution in [-0.4, -0.2) is 29.1 Å². The molecule has 0 aliphatic carbocycles. The van der Waals surface area contributed by atoms with E-state index in [9.17, 15) is 5.11 Å². The van der Waals surface area contributed by atoms with Crippen molar-refractivity contribution >= 4 is 0 Å². The van der Waals surface area contributed by atoms with Crippen molar-refractivity contribution in [1.82, 2.24) is 4.90 Å². The minimum atomic E-state index is 0.360. The quantitative estimate of drug-likeness (QED) is 0.870. The normalized spacial score (nSPS) is 19.5. The second-order valence-electron chi connectivity index (χ2n) is 5.94. The first-order valence-corrected chi connectivity index (χ1v) is 7.71. The standard InChI is InChI=1S/C17H27NO/c1-3-15-10-12-18(13-11-15)14(2)4-5-16-6-8-17(19)9-7-16/h6-9,14-15,19H,3-5,10-13H2,1-2H3. The van der Waals surface area contributed by atoms with E-state index in [1.807, 2.05) is 12.1 Å². The highest BCUT2D eigenvalue weighted by molar-refractivity contribution is 5.25. The summed E-state index contributed by atoms with van der Waals surface area (Å²) in [6.45, 7) is 7.21. The summed E-state index contributed by atoms with van der Waals surface area (Å²) in [7, 11) is 0. The van der Waals surface area contributed by atoms with Gasteiger partial charge >= 0.3 is 0 Å². The molecule has 2 heteroatoms. The lowest BCUT2D eigenvalue weighted by Gasteiger charge is -2.35. The number of phenols is 1. The van der Waals surface area contributed by atoms with Crippen LogP contribution in [0.2, 0.25) is 0 Å². The van der Waals surface area contributed by atoms with Gasteiger partial charge in [0.2, 0.25) is 0 Å². The predicted octanol–water partition coefficient (Wildman–Crippen LogP) is 3.84. The lowest BCUT2D eigenvalue weighted by molar-refractivity contribution is 0.134. The molecule has 106 valence electrons. The first-order chi connectivity index (χ1) is 9.19. The van der Waals surface area contributed by atoms with Crippen LogP contribution < -0.4 is 0 Å². The van der Waals surface area contributed by atoms with Crippen molar-refractivity contribution in [3.05, 3.63) is 29.8 Å².